The van der Waals surface area contributed by atoms with E-state index in [2.05, 4.69) is 20.2 Å². The van der Waals surface area contributed by atoms with Gasteiger partial charge in [-0.1, -0.05) is 29.8 Å². The zero-order valence-corrected chi connectivity index (χ0v) is 18.7. The number of halogens is 1. The maximum atomic E-state index is 12.8. The lowest BCUT2D eigenvalue weighted by Crippen LogP contribution is -2.27. The fourth-order valence-corrected chi connectivity index (χ4v) is 4.49. The second-order valence-corrected chi connectivity index (χ2v) is 9.26. The molecule has 2 aromatic heterocycles. The molecule has 0 aliphatic carbocycles. The molecule has 164 valence electrons. The normalized spacial score (nSPS) is 11.4. The minimum Gasteiger partial charge on any atom is -0.352 e. The monoisotopic (exact) mass is 469 g/mol. The molecule has 2 N–H and O–H groups in total. The van der Waals surface area contributed by atoms with Gasteiger partial charge in [-0.2, -0.15) is 0 Å². The lowest BCUT2D eigenvalue weighted by atomic mass is 10.2. The summed E-state index contributed by atoms with van der Waals surface area (Å²) < 4.78 is 29.9. The van der Waals surface area contributed by atoms with Crippen LogP contribution in [-0.2, 0) is 16.4 Å². The van der Waals surface area contributed by atoms with Crippen molar-refractivity contribution in [1.29, 1.82) is 0 Å². The first-order chi connectivity index (χ1) is 15.3. The number of hydrogen-bond donors (Lipinski definition) is 2. The quantitative estimate of drug-likeness (QED) is 0.431. The third kappa shape index (κ3) is 4.74. The molecule has 0 bridgehead atoms. The molecule has 0 aliphatic heterocycles. The fourth-order valence-electron chi connectivity index (χ4n) is 3.21. The summed E-state index contributed by atoms with van der Waals surface area (Å²) in [6.07, 6.45) is 2.29. The van der Waals surface area contributed by atoms with Gasteiger partial charge in [0.25, 0.3) is 15.9 Å². The van der Waals surface area contributed by atoms with Gasteiger partial charge in [-0.15, -0.1) is 10.2 Å². The number of nitrogens with one attached hydrogen (secondary N) is 2. The Morgan fingerprint density at radius 3 is 2.72 bits per heavy atom. The molecule has 10 heteroatoms. The fraction of sp³-hybridized carbons (Fsp3) is 0.136. The maximum Gasteiger partial charge on any atom is 0.261 e. The number of hydrogen-bond acceptors (Lipinski definition) is 5. The Morgan fingerprint density at radius 2 is 1.91 bits per heavy atom. The highest BCUT2D eigenvalue weighted by Crippen LogP contribution is 2.23. The number of pyridine rings is 1. The van der Waals surface area contributed by atoms with Crippen molar-refractivity contribution in [1.82, 2.24) is 19.9 Å². The molecule has 0 spiro atoms. The van der Waals surface area contributed by atoms with Crippen molar-refractivity contribution >= 4 is 38.9 Å². The summed E-state index contributed by atoms with van der Waals surface area (Å²) in [5.41, 5.74) is 2.15. The number of benzene rings is 2. The molecule has 8 nitrogen and oxygen atoms in total. The first-order valence-corrected chi connectivity index (χ1v) is 11.7. The van der Waals surface area contributed by atoms with Crippen LogP contribution in [-0.4, -0.2) is 35.5 Å². The third-order valence-corrected chi connectivity index (χ3v) is 6.49. The van der Waals surface area contributed by atoms with Crippen molar-refractivity contribution in [3.8, 4) is 0 Å². The number of carbonyl (C=O) groups is 1. The van der Waals surface area contributed by atoms with Gasteiger partial charge in [-0.3, -0.25) is 13.9 Å². The lowest BCUT2D eigenvalue weighted by molar-refractivity contribution is 0.0954. The minimum absolute atomic E-state index is 0.0583. The highest BCUT2D eigenvalue weighted by Gasteiger charge is 2.19. The first-order valence-electron chi connectivity index (χ1n) is 9.79. The lowest BCUT2D eigenvalue weighted by Gasteiger charge is -2.11. The average molecular weight is 470 g/mol. The molecule has 0 saturated carbocycles. The van der Waals surface area contributed by atoms with E-state index < -0.39 is 15.9 Å². The van der Waals surface area contributed by atoms with Crippen LogP contribution in [0, 0.1) is 6.92 Å². The number of anilines is 1. The molecule has 2 aromatic carbocycles. The molecule has 0 radical (unpaired) electrons. The van der Waals surface area contributed by atoms with Crippen molar-refractivity contribution in [3.63, 3.8) is 0 Å². The van der Waals surface area contributed by atoms with Gasteiger partial charge < -0.3 is 5.32 Å². The number of rotatable bonds is 7. The first kappa shape index (κ1) is 21.8. The summed E-state index contributed by atoms with van der Waals surface area (Å²) in [5.74, 6) is 0.224. The van der Waals surface area contributed by atoms with Crippen LogP contribution < -0.4 is 10.0 Å². The van der Waals surface area contributed by atoms with Gasteiger partial charge in [-0.05, 0) is 55.0 Å². The molecule has 1 amide bonds. The number of carbonyl (C=O) groups excluding carboxylic acids is 1. The van der Waals surface area contributed by atoms with E-state index in [9.17, 15) is 13.2 Å². The highest BCUT2D eigenvalue weighted by molar-refractivity contribution is 7.92. The maximum absolute atomic E-state index is 12.8. The SMILES string of the molecule is Cc1cccc(NS(=O)(=O)c2ccc(Cl)c(C(=O)NCCc3nnc4ccccn34)c2)c1. The highest BCUT2D eigenvalue weighted by atomic mass is 35.5. The van der Waals surface area contributed by atoms with E-state index >= 15 is 0 Å². The Hall–Kier alpha value is -3.43. The second kappa shape index (κ2) is 8.97. The molecule has 4 rings (SSSR count). The predicted molar refractivity (Wildman–Crippen MR) is 122 cm³/mol. The Bertz CT molecular complexity index is 1400. The van der Waals surface area contributed by atoms with Gasteiger partial charge in [0.1, 0.15) is 5.82 Å². The van der Waals surface area contributed by atoms with Gasteiger partial charge in [0.05, 0.1) is 15.5 Å². The van der Waals surface area contributed by atoms with Crippen LogP contribution in [0.5, 0.6) is 0 Å². The summed E-state index contributed by atoms with van der Waals surface area (Å²) in [5, 5.41) is 11.1. The summed E-state index contributed by atoms with van der Waals surface area (Å²) in [6, 6.07) is 16.6. The van der Waals surface area contributed by atoms with Gasteiger partial charge in [0.15, 0.2) is 5.65 Å². The third-order valence-electron chi connectivity index (χ3n) is 4.78. The van der Waals surface area contributed by atoms with E-state index in [1.54, 1.807) is 18.2 Å². The van der Waals surface area contributed by atoms with E-state index in [1.165, 1.54) is 18.2 Å². The Labute approximate surface area is 190 Å². The molecular formula is C22H20ClN5O3S. The molecule has 0 fully saturated rings. The number of amides is 1. The van der Waals surface area contributed by atoms with E-state index in [1.807, 2.05) is 41.8 Å². The molecule has 0 unspecified atom stereocenters. The Kier molecular flexibility index (Phi) is 6.11. The van der Waals surface area contributed by atoms with Crippen molar-refractivity contribution in [2.75, 3.05) is 11.3 Å². The average Bonchev–Trinajstić information content (AvgIpc) is 3.17. The van der Waals surface area contributed by atoms with Crippen LogP contribution in [0.1, 0.15) is 21.7 Å². The number of aromatic nitrogens is 3. The molecule has 0 atom stereocenters. The van der Waals surface area contributed by atoms with Crippen molar-refractivity contribution in [2.45, 2.75) is 18.2 Å². The predicted octanol–water partition coefficient (Wildman–Crippen LogP) is 3.46. The molecule has 32 heavy (non-hydrogen) atoms. The number of aryl methyl sites for hydroxylation is 1. The minimum atomic E-state index is -3.89. The Morgan fingerprint density at radius 1 is 1.06 bits per heavy atom. The van der Waals surface area contributed by atoms with Gasteiger partial charge in [0, 0.05) is 24.8 Å². The van der Waals surface area contributed by atoms with Crippen molar-refractivity contribution < 1.29 is 13.2 Å². The van der Waals surface area contributed by atoms with Gasteiger partial charge in [0.2, 0.25) is 0 Å². The van der Waals surface area contributed by atoms with E-state index in [0.717, 1.165) is 11.2 Å². The topological polar surface area (TPSA) is 105 Å². The number of fused-ring (bicyclic) bond motifs is 1. The van der Waals surface area contributed by atoms with Crippen LogP contribution in [0.3, 0.4) is 0 Å². The summed E-state index contributed by atoms with van der Waals surface area (Å²) in [7, 11) is -3.89. The molecule has 4 aromatic rings. The standard InChI is InChI=1S/C22H20ClN5O3S/c1-15-5-4-6-16(13-15)27-32(30,31)17-8-9-19(23)18(14-17)22(29)24-11-10-21-26-25-20-7-2-3-12-28(20)21/h2-9,12-14,27H,10-11H2,1H3,(H,24,29). The zero-order chi connectivity index (χ0) is 22.7. The van der Waals surface area contributed by atoms with Crippen LogP contribution in [0.2, 0.25) is 5.02 Å². The van der Waals surface area contributed by atoms with Crippen LogP contribution in [0.15, 0.2) is 71.8 Å². The van der Waals surface area contributed by atoms with E-state index in [4.69, 9.17) is 11.6 Å². The summed E-state index contributed by atoms with van der Waals surface area (Å²) in [6.45, 7) is 2.15. The summed E-state index contributed by atoms with van der Waals surface area (Å²) in [4.78, 5) is 12.6. The van der Waals surface area contributed by atoms with E-state index in [0.29, 0.717) is 17.9 Å². The smallest absolute Gasteiger partial charge is 0.261 e. The molecule has 0 saturated heterocycles. The Balaban J connectivity index is 1.47. The van der Waals surface area contributed by atoms with Crippen LogP contribution in [0.25, 0.3) is 5.65 Å². The molecule has 0 aliphatic rings. The van der Waals surface area contributed by atoms with Crippen LogP contribution >= 0.6 is 11.6 Å². The summed E-state index contributed by atoms with van der Waals surface area (Å²) >= 11 is 6.18. The van der Waals surface area contributed by atoms with E-state index in [-0.39, 0.29) is 22.0 Å². The second-order valence-electron chi connectivity index (χ2n) is 7.17. The number of sulfonamides is 1. The van der Waals surface area contributed by atoms with Gasteiger partial charge in [-0.25, -0.2) is 8.42 Å². The number of nitrogens with zero attached hydrogens (tertiary/aromatic N) is 3. The van der Waals surface area contributed by atoms with Gasteiger partial charge >= 0.3 is 0 Å². The molecular weight excluding hydrogens is 450 g/mol. The van der Waals surface area contributed by atoms with Crippen LogP contribution in [0.4, 0.5) is 5.69 Å². The zero-order valence-electron chi connectivity index (χ0n) is 17.1. The largest absolute Gasteiger partial charge is 0.352 e. The van der Waals surface area contributed by atoms with Crippen molar-refractivity contribution in [3.05, 3.63) is 88.8 Å². The molecule has 2 heterocycles. The van der Waals surface area contributed by atoms with Crippen molar-refractivity contribution in [2.24, 2.45) is 0 Å².